The maximum Gasteiger partial charge on any atom is 0.239 e. The first-order chi connectivity index (χ1) is 11.6. The first-order valence-corrected chi connectivity index (χ1v) is 9.07. The van der Waals surface area contributed by atoms with Crippen LogP contribution >= 0.6 is 15.9 Å². The molecule has 0 spiro atoms. The van der Waals surface area contributed by atoms with Crippen LogP contribution in [0.2, 0.25) is 0 Å². The van der Waals surface area contributed by atoms with Crippen molar-refractivity contribution in [2.24, 2.45) is 5.73 Å². The van der Waals surface area contributed by atoms with Crippen molar-refractivity contribution in [2.75, 3.05) is 11.4 Å². The molecule has 2 aliphatic rings. The van der Waals surface area contributed by atoms with Crippen molar-refractivity contribution in [3.63, 3.8) is 0 Å². The molecule has 1 atom stereocenters. The Morgan fingerprint density at radius 3 is 2.79 bits per heavy atom. The molecule has 2 aromatic rings. The molecule has 1 saturated heterocycles. The fourth-order valence-electron chi connectivity index (χ4n) is 3.63. The Kier molecular flexibility index (Phi) is 3.92. The molecule has 0 radical (unpaired) electrons. The summed E-state index contributed by atoms with van der Waals surface area (Å²) in [6.45, 7) is 0.637. The number of hydrogen-bond donors (Lipinski definition) is 1. The molecule has 1 aliphatic heterocycles. The largest absolute Gasteiger partial charge is 0.338 e. The second-order valence-electron chi connectivity index (χ2n) is 6.60. The molecule has 1 aliphatic carbocycles. The number of benzene rings is 1. The Morgan fingerprint density at radius 1 is 1.29 bits per heavy atom. The summed E-state index contributed by atoms with van der Waals surface area (Å²) in [7, 11) is 0. The van der Waals surface area contributed by atoms with Gasteiger partial charge in [0.1, 0.15) is 5.92 Å². The topological polar surface area (TPSA) is 85.2 Å². The highest BCUT2D eigenvalue weighted by atomic mass is 79.9. The van der Waals surface area contributed by atoms with Gasteiger partial charge < -0.3 is 15.2 Å². The third-order valence-corrected chi connectivity index (χ3v) is 5.70. The van der Waals surface area contributed by atoms with E-state index in [4.69, 9.17) is 10.3 Å². The molecule has 2 fully saturated rings. The Bertz CT molecular complexity index is 769. The SMILES string of the molecule is NC1(c2noc(C3CCN(c4ccccc4Br)C3=O)n2)CCCC1. The zero-order valence-electron chi connectivity index (χ0n) is 13.2. The predicted octanol–water partition coefficient (Wildman–Crippen LogP) is 3.08. The Balaban J connectivity index is 1.57. The molecular formula is C17H19BrN4O2. The van der Waals surface area contributed by atoms with Crippen molar-refractivity contribution < 1.29 is 9.32 Å². The lowest BCUT2D eigenvalue weighted by Gasteiger charge is -2.18. The molecular weight excluding hydrogens is 372 g/mol. The van der Waals surface area contributed by atoms with Gasteiger partial charge in [-0.15, -0.1) is 0 Å². The van der Waals surface area contributed by atoms with Gasteiger partial charge in [0.2, 0.25) is 11.8 Å². The maximum absolute atomic E-state index is 12.8. The van der Waals surface area contributed by atoms with Crippen LogP contribution in [-0.4, -0.2) is 22.6 Å². The van der Waals surface area contributed by atoms with Gasteiger partial charge in [-0.1, -0.05) is 30.1 Å². The van der Waals surface area contributed by atoms with Crippen molar-refractivity contribution in [2.45, 2.75) is 43.6 Å². The quantitative estimate of drug-likeness (QED) is 0.869. The van der Waals surface area contributed by atoms with Crippen LogP contribution in [0.4, 0.5) is 5.69 Å². The first kappa shape index (κ1) is 15.8. The maximum atomic E-state index is 12.8. The summed E-state index contributed by atoms with van der Waals surface area (Å²) in [5.41, 5.74) is 6.76. The van der Waals surface area contributed by atoms with E-state index in [9.17, 15) is 4.79 Å². The number of rotatable bonds is 3. The number of carbonyl (C=O) groups is 1. The standard InChI is InChI=1S/C17H19BrN4O2/c18-12-5-1-2-6-13(12)22-10-7-11(15(22)23)14-20-16(21-24-14)17(19)8-3-4-9-17/h1-2,5-6,11H,3-4,7-10,19H2. The highest BCUT2D eigenvalue weighted by molar-refractivity contribution is 9.10. The fourth-order valence-corrected chi connectivity index (χ4v) is 4.13. The van der Waals surface area contributed by atoms with Crippen LogP contribution < -0.4 is 10.6 Å². The van der Waals surface area contributed by atoms with Gasteiger partial charge in [-0.05, 0) is 47.3 Å². The van der Waals surface area contributed by atoms with Crippen LogP contribution in [0.15, 0.2) is 33.3 Å². The number of para-hydroxylation sites is 1. The minimum absolute atomic E-state index is 0.00501. The molecule has 7 heteroatoms. The molecule has 2 heterocycles. The summed E-state index contributed by atoms with van der Waals surface area (Å²) in [6.07, 6.45) is 4.57. The van der Waals surface area contributed by atoms with Crippen LogP contribution in [0.3, 0.4) is 0 Å². The van der Waals surface area contributed by atoms with Gasteiger partial charge in [-0.3, -0.25) is 4.79 Å². The molecule has 0 bridgehead atoms. The summed E-state index contributed by atoms with van der Waals surface area (Å²) in [5, 5.41) is 4.07. The van der Waals surface area contributed by atoms with E-state index < -0.39 is 5.54 Å². The summed E-state index contributed by atoms with van der Waals surface area (Å²) >= 11 is 3.50. The molecule has 24 heavy (non-hydrogen) atoms. The number of aromatic nitrogens is 2. The van der Waals surface area contributed by atoms with Crippen molar-refractivity contribution in [3.8, 4) is 0 Å². The molecule has 1 unspecified atom stereocenters. The number of anilines is 1. The highest BCUT2D eigenvalue weighted by Gasteiger charge is 2.41. The normalized spacial score (nSPS) is 23.2. The predicted molar refractivity (Wildman–Crippen MR) is 92.5 cm³/mol. The van der Waals surface area contributed by atoms with E-state index in [1.807, 2.05) is 24.3 Å². The van der Waals surface area contributed by atoms with E-state index in [-0.39, 0.29) is 11.8 Å². The number of hydrogen-bond acceptors (Lipinski definition) is 5. The zero-order chi connectivity index (χ0) is 16.7. The smallest absolute Gasteiger partial charge is 0.239 e. The second-order valence-corrected chi connectivity index (χ2v) is 7.46. The van der Waals surface area contributed by atoms with Crippen LogP contribution in [0.1, 0.15) is 49.7 Å². The lowest BCUT2D eigenvalue weighted by Crippen LogP contribution is -2.34. The van der Waals surface area contributed by atoms with Gasteiger partial charge >= 0.3 is 0 Å². The van der Waals surface area contributed by atoms with Crippen molar-refractivity contribution in [3.05, 3.63) is 40.5 Å². The van der Waals surface area contributed by atoms with E-state index in [2.05, 4.69) is 26.1 Å². The molecule has 6 nitrogen and oxygen atoms in total. The fraction of sp³-hybridized carbons (Fsp3) is 0.471. The average Bonchev–Trinajstić information content (AvgIpc) is 3.28. The Morgan fingerprint density at radius 2 is 2.04 bits per heavy atom. The number of nitrogens with zero attached hydrogens (tertiary/aromatic N) is 3. The molecule has 4 rings (SSSR count). The van der Waals surface area contributed by atoms with Gasteiger partial charge in [-0.2, -0.15) is 4.98 Å². The highest BCUT2D eigenvalue weighted by Crippen LogP contribution is 2.38. The van der Waals surface area contributed by atoms with Gasteiger partial charge in [0.25, 0.3) is 0 Å². The van der Waals surface area contributed by atoms with Crippen LogP contribution in [-0.2, 0) is 10.3 Å². The number of nitrogens with two attached hydrogens (primary N) is 1. The van der Waals surface area contributed by atoms with E-state index in [0.717, 1.165) is 35.8 Å². The molecule has 1 aromatic heterocycles. The van der Waals surface area contributed by atoms with E-state index in [1.54, 1.807) is 4.90 Å². The van der Waals surface area contributed by atoms with Crippen molar-refractivity contribution in [1.29, 1.82) is 0 Å². The third-order valence-electron chi connectivity index (χ3n) is 5.03. The van der Waals surface area contributed by atoms with Gasteiger partial charge in [-0.25, -0.2) is 0 Å². The minimum Gasteiger partial charge on any atom is -0.338 e. The van der Waals surface area contributed by atoms with E-state index in [0.29, 0.717) is 24.7 Å². The van der Waals surface area contributed by atoms with E-state index >= 15 is 0 Å². The van der Waals surface area contributed by atoms with Crippen LogP contribution in [0, 0.1) is 0 Å². The van der Waals surface area contributed by atoms with Crippen molar-refractivity contribution >= 4 is 27.5 Å². The molecule has 1 aromatic carbocycles. The van der Waals surface area contributed by atoms with E-state index in [1.165, 1.54) is 0 Å². The van der Waals surface area contributed by atoms with Crippen molar-refractivity contribution in [1.82, 2.24) is 10.1 Å². The average molecular weight is 391 g/mol. The number of carbonyl (C=O) groups excluding carboxylic acids is 1. The zero-order valence-corrected chi connectivity index (χ0v) is 14.8. The summed E-state index contributed by atoms with van der Waals surface area (Å²) in [4.78, 5) is 19.1. The minimum atomic E-state index is -0.494. The summed E-state index contributed by atoms with van der Waals surface area (Å²) in [6, 6.07) is 7.71. The second kappa shape index (κ2) is 5.97. The summed E-state index contributed by atoms with van der Waals surface area (Å²) in [5.74, 6) is 0.543. The third kappa shape index (κ3) is 2.56. The van der Waals surface area contributed by atoms with Gasteiger partial charge in [0, 0.05) is 11.0 Å². The lowest BCUT2D eigenvalue weighted by atomic mass is 9.98. The Labute approximate surface area is 148 Å². The van der Waals surface area contributed by atoms with Gasteiger partial charge in [0.05, 0.1) is 11.2 Å². The summed E-state index contributed by atoms with van der Waals surface area (Å²) < 4.78 is 6.31. The number of halogens is 1. The molecule has 126 valence electrons. The first-order valence-electron chi connectivity index (χ1n) is 8.27. The molecule has 1 saturated carbocycles. The molecule has 2 N–H and O–H groups in total. The monoisotopic (exact) mass is 390 g/mol. The number of amides is 1. The van der Waals surface area contributed by atoms with Crippen LogP contribution in [0.5, 0.6) is 0 Å². The lowest BCUT2D eigenvalue weighted by molar-refractivity contribution is -0.118. The Hall–Kier alpha value is -1.73. The van der Waals surface area contributed by atoms with Crippen LogP contribution in [0.25, 0.3) is 0 Å². The van der Waals surface area contributed by atoms with Gasteiger partial charge in [0.15, 0.2) is 5.82 Å². The molecule has 1 amide bonds.